The van der Waals surface area contributed by atoms with Gasteiger partial charge >= 0.3 is 0 Å². The highest BCUT2D eigenvalue weighted by atomic mass is 32.1. The van der Waals surface area contributed by atoms with Crippen LogP contribution in [0, 0.1) is 12.8 Å². The van der Waals surface area contributed by atoms with Crippen LogP contribution in [0.1, 0.15) is 30.7 Å². The van der Waals surface area contributed by atoms with Crippen molar-refractivity contribution in [1.29, 1.82) is 0 Å². The Labute approximate surface area is 155 Å². The van der Waals surface area contributed by atoms with E-state index in [1.165, 1.54) is 0 Å². The zero-order valence-electron chi connectivity index (χ0n) is 14.6. The molecule has 3 N–H and O–H groups in total. The second-order valence-corrected chi connectivity index (χ2v) is 8.04. The number of anilines is 1. The summed E-state index contributed by atoms with van der Waals surface area (Å²) < 4.78 is 0. The van der Waals surface area contributed by atoms with E-state index in [0.29, 0.717) is 5.82 Å². The van der Waals surface area contributed by atoms with Gasteiger partial charge in [0.1, 0.15) is 15.8 Å². The maximum Gasteiger partial charge on any atom is 0.228 e. The van der Waals surface area contributed by atoms with E-state index in [1.807, 2.05) is 25.1 Å². The third-order valence-corrected chi connectivity index (χ3v) is 5.78. The number of fused-ring (bicyclic) bond motifs is 1. The highest BCUT2D eigenvalue weighted by molar-refractivity contribution is 7.14. The van der Waals surface area contributed by atoms with Crippen LogP contribution < -0.4 is 11.1 Å². The largest absolute Gasteiger partial charge is 0.328 e. The predicted molar refractivity (Wildman–Crippen MR) is 104 cm³/mol. The fourth-order valence-electron chi connectivity index (χ4n) is 3.37. The molecule has 26 heavy (non-hydrogen) atoms. The molecule has 0 saturated heterocycles. The monoisotopic (exact) mass is 367 g/mol. The van der Waals surface area contributed by atoms with Gasteiger partial charge in [-0.1, -0.05) is 23.5 Å². The second kappa shape index (κ2) is 7.09. The Morgan fingerprint density at radius 1 is 1.15 bits per heavy atom. The summed E-state index contributed by atoms with van der Waals surface area (Å²) in [6.07, 6.45) is 5.31. The number of hydrogen-bond donors (Lipinski definition) is 2. The molecule has 2 heterocycles. The second-order valence-electron chi connectivity index (χ2n) is 6.86. The molecule has 0 atom stereocenters. The summed E-state index contributed by atoms with van der Waals surface area (Å²) >= 11 is 1.57. The van der Waals surface area contributed by atoms with E-state index in [-0.39, 0.29) is 17.9 Å². The minimum absolute atomic E-state index is 0.0306. The first-order chi connectivity index (χ1) is 12.6. The Bertz CT molecular complexity index is 946. The van der Waals surface area contributed by atoms with Crippen molar-refractivity contribution in [2.75, 3.05) is 5.32 Å². The number of benzene rings is 1. The zero-order valence-corrected chi connectivity index (χ0v) is 15.4. The van der Waals surface area contributed by atoms with Gasteiger partial charge in [0.15, 0.2) is 0 Å². The smallest absolute Gasteiger partial charge is 0.228 e. The molecule has 134 valence electrons. The third-order valence-electron chi connectivity index (χ3n) is 4.89. The molecule has 1 aliphatic carbocycles. The molecule has 7 heteroatoms. The van der Waals surface area contributed by atoms with Gasteiger partial charge < -0.3 is 11.1 Å². The number of carbonyl (C=O) groups is 1. The summed E-state index contributed by atoms with van der Waals surface area (Å²) in [4.78, 5) is 16.9. The maximum atomic E-state index is 12.5. The van der Waals surface area contributed by atoms with Crippen LogP contribution in [0.3, 0.4) is 0 Å². The lowest BCUT2D eigenvalue weighted by Gasteiger charge is -2.24. The maximum absolute atomic E-state index is 12.5. The molecule has 0 unspecified atom stereocenters. The zero-order chi connectivity index (χ0) is 18.1. The Morgan fingerprint density at radius 2 is 1.96 bits per heavy atom. The lowest BCUT2D eigenvalue weighted by Crippen LogP contribution is -2.32. The van der Waals surface area contributed by atoms with Crippen LogP contribution >= 0.6 is 11.3 Å². The average Bonchev–Trinajstić information content (AvgIpc) is 3.08. The van der Waals surface area contributed by atoms with Gasteiger partial charge in [0.25, 0.3) is 0 Å². The Morgan fingerprint density at radius 3 is 2.69 bits per heavy atom. The SMILES string of the molecule is Cc1nnc(-c2ccc3cnc(NC(=O)C4CCC(N)CC4)cc3c2)s1. The van der Waals surface area contributed by atoms with E-state index in [0.717, 1.165) is 52.0 Å². The van der Waals surface area contributed by atoms with E-state index < -0.39 is 0 Å². The van der Waals surface area contributed by atoms with Crippen molar-refractivity contribution in [3.63, 3.8) is 0 Å². The van der Waals surface area contributed by atoms with Crippen LogP contribution in [0.5, 0.6) is 0 Å². The first-order valence-corrected chi connectivity index (χ1v) is 9.67. The number of rotatable bonds is 3. The number of nitrogens with zero attached hydrogens (tertiary/aromatic N) is 3. The molecular weight excluding hydrogens is 346 g/mol. The Kier molecular flexibility index (Phi) is 4.65. The van der Waals surface area contributed by atoms with Crippen LogP contribution in [0.25, 0.3) is 21.3 Å². The number of hydrogen-bond acceptors (Lipinski definition) is 6. The van der Waals surface area contributed by atoms with Gasteiger partial charge in [-0.15, -0.1) is 10.2 Å². The minimum atomic E-state index is 0.0306. The van der Waals surface area contributed by atoms with Crippen LogP contribution in [-0.2, 0) is 4.79 Å². The van der Waals surface area contributed by atoms with Gasteiger partial charge in [-0.05, 0) is 50.1 Å². The van der Waals surface area contributed by atoms with E-state index in [4.69, 9.17) is 5.73 Å². The average molecular weight is 367 g/mol. The van der Waals surface area contributed by atoms with Crippen molar-refractivity contribution in [2.24, 2.45) is 11.7 Å². The molecule has 0 radical (unpaired) electrons. The molecular formula is C19H21N5OS. The van der Waals surface area contributed by atoms with E-state index in [9.17, 15) is 4.79 Å². The quantitative estimate of drug-likeness (QED) is 0.739. The van der Waals surface area contributed by atoms with E-state index in [2.05, 4.69) is 26.6 Å². The molecule has 6 nitrogen and oxygen atoms in total. The number of nitrogens with two attached hydrogens (primary N) is 1. The topological polar surface area (TPSA) is 93.8 Å². The molecule has 3 aromatic rings. The highest BCUT2D eigenvalue weighted by Gasteiger charge is 2.24. The van der Waals surface area contributed by atoms with Crippen LogP contribution in [-0.4, -0.2) is 27.1 Å². The van der Waals surface area contributed by atoms with Gasteiger partial charge in [-0.3, -0.25) is 4.79 Å². The normalized spacial score (nSPS) is 20.2. The lowest BCUT2D eigenvalue weighted by atomic mass is 9.86. The first kappa shape index (κ1) is 17.1. The standard InChI is InChI=1S/C19H21N5OS/c1-11-23-24-19(26-11)13-2-3-14-10-21-17(9-15(14)8-13)22-18(25)12-4-6-16(20)7-5-12/h2-3,8-10,12,16H,4-7,20H2,1H3,(H,21,22,25). The number of aryl methyl sites for hydroxylation is 1. The summed E-state index contributed by atoms with van der Waals surface area (Å²) in [7, 11) is 0. The molecule has 1 fully saturated rings. The first-order valence-electron chi connectivity index (χ1n) is 8.85. The van der Waals surface area contributed by atoms with Crippen LogP contribution in [0.15, 0.2) is 30.5 Å². The Balaban J connectivity index is 1.55. The summed E-state index contributed by atoms with van der Waals surface area (Å²) in [5, 5.41) is 15.1. The summed E-state index contributed by atoms with van der Waals surface area (Å²) in [5.41, 5.74) is 6.94. The van der Waals surface area contributed by atoms with Crippen molar-refractivity contribution in [3.8, 4) is 10.6 Å². The summed E-state index contributed by atoms with van der Waals surface area (Å²) in [6.45, 7) is 1.94. The number of aromatic nitrogens is 3. The highest BCUT2D eigenvalue weighted by Crippen LogP contribution is 2.28. The molecule has 1 aliphatic rings. The molecule has 2 aromatic heterocycles. The molecule has 0 bridgehead atoms. The predicted octanol–water partition coefficient (Wildman–Crippen LogP) is 3.52. The van der Waals surface area contributed by atoms with Crippen LogP contribution in [0.4, 0.5) is 5.82 Å². The van der Waals surface area contributed by atoms with Crippen molar-refractivity contribution < 1.29 is 4.79 Å². The Hall–Kier alpha value is -2.38. The van der Waals surface area contributed by atoms with Crippen molar-refractivity contribution in [2.45, 2.75) is 38.6 Å². The summed E-state index contributed by atoms with van der Waals surface area (Å²) in [6, 6.07) is 8.25. The molecule has 1 amide bonds. The van der Waals surface area contributed by atoms with Gasteiger partial charge in [0.2, 0.25) is 5.91 Å². The fourth-order valence-corrected chi connectivity index (χ4v) is 4.05. The molecule has 4 rings (SSSR count). The molecule has 1 saturated carbocycles. The molecule has 0 spiro atoms. The van der Waals surface area contributed by atoms with Gasteiger partial charge in [-0.25, -0.2) is 4.98 Å². The number of carbonyl (C=O) groups excluding carboxylic acids is 1. The number of amides is 1. The minimum Gasteiger partial charge on any atom is -0.328 e. The molecule has 1 aromatic carbocycles. The summed E-state index contributed by atoms with van der Waals surface area (Å²) in [5.74, 6) is 0.658. The van der Waals surface area contributed by atoms with Gasteiger partial charge in [0, 0.05) is 29.1 Å². The van der Waals surface area contributed by atoms with Crippen molar-refractivity contribution in [1.82, 2.24) is 15.2 Å². The number of nitrogens with one attached hydrogen (secondary N) is 1. The van der Waals surface area contributed by atoms with Gasteiger partial charge in [-0.2, -0.15) is 0 Å². The van der Waals surface area contributed by atoms with E-state index >= 15 is 0 Å². The number of pyridine rings is 1. The lowest BCUT2D eigenvalue weighted by molar-refractivity contribution is -0.120. The van der Waals surface area contributed by atoms with Gasteiger partial charge in [0.05, 0.1) is 0 Å². The third kappa shape index (κ3) is 3.59. The van der Waals surface area contributed by atoms with Crippen molar-refractivity contribution >= 4 is 33.8 Å². The van der Waals surface area contributed by atoms with E-state index in [1.54, 1.807) is 17.5 Å². The molecule has 0 aliphatic heterocycles. The fraction of sp³-hybridized carbons (Fsp3) is 0.368. The van der Waals surface area contributed by atoms with Crippen molar-refractivity contribution in [3.05, 3.63) is 35.5 Å². The van der Waals surface area contributed by atoms with Crippen LogP contribution in [0.2, 0.25) is 0 Å².